The van der Waals surface area contributed by atoms with Gasteiger partial charge in [0.15, 0.2) is 0 Å². The lowest BCUT2D eigenvalue weighted by molar-refractivity contribution is -0.149. The third-order valence-corrected chi connectivity index (χ3v) is 3.60. The molecule has 4 heteroatoms. The van der Waals surface area contributed by atoms with Gasteiger partial charge in [-0.15, -0.1) is 0 Å². The van der Waals surface area contributed by atoms with Gasteiger partial charge in [0.2, 0.25) is 6.10 Å². The number of nitrogens with one attached hydrogen (secondary N) is 1. The third kappa shape index (κ3) is 5.74. The van der Waals surface area contributed by atoms with Crippen molar-refractivity contribution >= 4 is 17.6 Å². The van der Waals surface area contributed by atoms with Crippen LogP contribution in [-0.2, 0) is 14.3 Å². The van der Waals surface area contributed by atoms with Gasteiger partial charge in [0, 0.05) is 17.3 Å². The summed E-state index contributed by atoms with van der Waals surface area (Å²) < 4.78 is 5.41. The summed E-state index contributed by atoms with van der Waals surface area (Å²) in [5, 5.41) is 2.84. The molecule has 0 heterocycles. The van der Waals surface area contributed by atoms with Crippen LogP contribution >= 0.6 is 0 Å². The molecule has 0 bridgehead atoms. The average molecular weight is 349 g/mol. The van der Waals surface area contributed by atoms with Crippen LogP contribution in [-0.4, -0.2) is 11.9 Å². The van der Waals surface area contributed by atoms with Gasteiger partial charge in [-0.25, -0.2) is 4.79 Å². The number of aryl methyl sites for hydroxylation is 2. The molecule has 2 aromatic rings. The van der Waals surface area contributed by atoms with E-state index in [-0.39, 0.29) is 0 Å². The monoisotopic (exact) mass is 349 g/mol. The maximum Gasteiger partial charge on any atom is 0.331 e. The largest absolute Gasteiger partial charge is 0.444 e. The van der Waals surface area contributed by atoms with Gasteiger partial charge in [-0.3, -0.25) is 4.79 Å². The van der Waals surface area contributed by atoms with Crippen molar-refractivity contribution in [1.82, 2.24) is 0 Å². The van der Waals surface area contributed by atoms with Crippen molar-refractivity contribution in [2.75, 3.05) is 5.32 Å². The minimum absolute atomic E-state index is 0.394. The molecule has 0 saturated heterocycles. The van der Waals surface area contributed by atoms with Crippen molar-refractivity contribution in [2.45, 2.75) is 26.9 Å². The number of allylic oxidation sites excluding steroid dienone is 3. The zero-order chi connectivity index (χ0) is 18.9. The number of ether oxygens (including phenoxy) is 1. The van der Waals surface area contributed by atoms with Crippen LogP contribution in [0.25, 0.3) is 0 Å². The van der Waals surface area contributed by atoms with Crippen LogP contribution < -0.4 is 5.32 Å². The smallest absolute Gasteiger partial charge is 0.331 e. The number of benzene rings is 2. The van der Waals surface area contributed by atoms with Gasteiger partial charge in [0.1, 0.15) is 0 Å². The Morgan fingerprint density at radius 3 is 2.27 bits per heavy atom. The average Bonchev–Trinajstić information content (AvgIpc) is 2.59. The Morgan fingerprint density at radius 2 is 1.65 bits per heavy atom. The van der Waals surface area contributed by atoms with Crippen molar-refractivity contribution in [3.63, 3.8) is 0 Å². The zero-order valence-electron chi connectivity index (χ0n) is 15.2. The molecule has 0 aromatic heterocycles. The number of carbonyl (C=O) groups excluding carboxylic acids is 2. The van der Waals surface area contributed by atoms with E-state index in [0.29, 0.717) is 11.3 Å². The molecule has 1 atom stereocenters. The summed E-state index contributed by atoms with van der Waals surface area (Å²) in [6, 6.07) is 14.7. The fraction of sp³-hybridized carbons (Fsp3) is 0.182. The second kappa shape index (κ2) is 9.37. The van der Waals surface area contributed by atoms with E-state index < -0.39 is 18.0 Å². The lowest BCUT2D eigenvalue weighted by Crippen LogP contribution is -2.25. The van der Waals surface area contributed by atoms with Crippen LogP contribution in [0.1, 0.15) is 29.7 Å². The number of rotatable bonds is 6. The lowest BCUT2D eigenvalue weighted by Gasteiger charge is -2.17. The molecule has 1 amide bonds. The molecular formula is C22H23NO3. The summed E-state index contributed by atoms with van der Waals surface area (Å²) in [7, 11) is 0. The molecule has 134 valence electrons. The van der Waals surface area contributed by atoms with E-state index >= 15 is 0 Å². The molecule has 1 N–H and O–H groups in total. The van der Waals surface area contributed by atoms with E-state index in [1.165, 1.54) is 6.08 Å². The van der Waals surface area contributed by atoms with Crippen LogP contribution in [0, 0.1) is 13.8 Å². The molecule has 0 aliphatic heterocycles. The number of amides is 1. The summed E-state index contributed by atoms with van der Waals surface area (Å²) in [6.45, 7) is 5.77. The highest BCUT2D eigenvalue weighted by Crippen LogP contribution is 2.21. The van der Waals surface area contributed by atoms with E-state index in [1.54, 1.807) is 42.5 Å². The van der Waals surface area contributed by atoms with Crippen LogP contribution in [0.15, 0.2) is 72.8 Å². The van der Waals surface area contributed by atoms with Gasteiger partial charge >= 0.3 is 5.97 Å². The minimum Gasteiger partial charge on any atom is -0.444 e. The molecule has 0 saturated carbocycles. The number of esters is 1. The third-order valence-electron chi connectivity index (χ3n) is 3.60. The molecule has 0 aliphatic rings. The maximum atomic E-state index is 12.8. The molecule has 0 fully saturated rings. The fourth-order valence-corrected chi connectivity index (χ4v) is 2.56. The van der Waals surface area contributed by atoms with Gasteiger partial charge in [-0.1, -0.05) is 54.6 Å². The zero-order valence-corrected chi connectivity index (χ0v) is 15.2. The number of anilines is 1. The summed E-state index contributed by atoms with van der Waals surface area (Å²) in [6.07, 6.45) is 5.35. The highest BCUT2D eigenvalue weighted by atomic mass is 16.5. The molecule has 0 aliphatic carbocycles. The number of carbonyl (C=O) groups is 2. The fourth-order valence-electron chi connectivity index (χ4n) is 2.56. The van der Waals surface area contributed by atoms with E-state index in [1.807, 2.05) is 45.0 Å². The molecule has 2 rings (SSSR count). The summed E-state index contributed by atoms with van der Waals surface area (Å²) in [4.78, 5) is 24.8. The lowest BCUT2D eigenvalue weighted by atomic mass is 10.1. The summed E-state index contributed by atoms with van der Waals surface area (Å²) in [5.74, 6) is -0.971. The van der Waals surface area contributed by atoms with Gasteiger partial charge in [-0.05, 0) is 44.0 Å². The molecule has 0 spiro atoms. The molecule has 0 radical (unpaired) electrons. The summed E-state index contributed by atoms with van der Waals surface area (Å²) >= 11 is 0. The van der Waals surface area contributed by atoms with Crippen LogP contribution in [0.4, 0.5) is 5.69 Å². The van der Waals surface area contributed by atoms with E-state index in [9.17, 15) is 9.59 Å². The van der Waals surface area contributed by atoms with E-state index in [0.717, 1.165) is 11.1 Å². The Morgan fingerprint density at radius 1 is 1.00 bits per heavy atom. The van der Waals surface area contributed by atoms with Crippen molar-refractivity contribution in [3.8, 4) is 0 Å². The molecule has 4 nitrogen and oxygen atoms in total. The second-order valence-corrected chi connectivity index (χ2v) is 5.98. The second-order valence-electron chi connectivity index (χ2n) is 5.98. The van der Waals surface area contributed by atoms with Gasteiger partial charge in [0.25, 0.3) is 5.91 Å². The van der Waals surface area contributed by atoms with Crippen molar-refractivity contribution in [2.24, 2.45) is 0 Å². The summed E-state index contributed by atoms with van der Waals surface area (Å²) in [5.41, 5.74) is 3.38. The topological polar surface area (TPSA) is 55.4 Å². The van der Waals surface area contributed by atoms with Gasteiger partial charge in [0.05, 0.1) is 0 Å². The molecule has 26 heavy (non-hydrogen) atoms. The van der Waals surface area contributed by atoms with E-state index in [4.69, 9.17) is 4.74 Å². The molecular weight excluding hydrogens is 326 g/mol. The van der Waals surface area contributed by atoms with Crippen LogP contribution in [0.3, 0.4) is 0 Å². The van der Waals surface area contributed by atoms with E-state index in [2.05, 4.69) is 5.32 Å². The Hall–Kier alpha value is -3.14. The minimum atomic E-state index is -1.03. The quantitative estimate of drug-likeness (QED) is 0.469. The maximum absolute atomic E-state index is 12.8. The molecule has 2 aromatic carbocycles. The Labute approximate surface area is 154 Å². The Bertz CT molecular complexity index is 802. The highest BCUT2D eigenvalue weighted by Gasteiger charge is 2.24. The Balaban J connectivity index is 2.22. The van der Waals surface area contributed by atoms with Crippen molar-refractivity contribution in [3.05, 3.63) is 89.5 Å². The highest BCUT2D eigenvalue weighted by molar-refractivity contribution is 5.97. The molecule has 1 unspecified atom stereocenters. The Kier molecular flexibility index (Phi) is 6.92. The van der Waals surface area contributed by atoms with Gasteiger partial charge in [-0.2, -0.15) is 0 Å². The van der Waals surface area contributed by atoms with Crippen molar-refractivity contribution in [1.29, 1.82) is 0 Å². The first-order valence-electron chi connectivity index (χ1n) is 8.43. The predicted molar refractivity (Wildman–Crippen MR) is 104 cm³/mol. The van der Waals surface area contributed by atoms with Crippen LogP contribution in [0.5, 0.6) is 0 Å². The van der Waals surface area contributed by atoms with Crippen molar-refractivity contribution < 1.29 is 14.3 Å². The first kappa shape index (κ1) is 19.2. The first-order chi connectivity index (χ1) is 12.5. The standard InChI is InChI=1S/C22H23NO3/c1-4-5-7-12-20(24)26-21(18-10-8-6-9-11-18)22(25)23-19-14-16(2)13-17(3)15-19/h4-15,21H,1-3H3,(H,23,25). The number of hydrogen-bond donors (Lipinski definition) is 1. The SMILES string of the molecule is CC=CC=CC(=O)OC(C(=O)Nc1cc(C)cc(C)c1)c1ccccc1. The normalized spacial score (nSPS) is 12.3. The van der Waals surface area contributed by atoms with Crippen LogP contribution in [0.2, 0.25) is 0 Å². The predicted octanol–water partition coefficient (Wildman–Crippen LogP) is 4.66. The van der Waals surface area contributed by atoms with Gasteiger partial charge < -0.3 is 10.1 Å². The number of hydrogen-bond acceptors (Lipinski definition) is 3. The first-order valence-corrected chi connectivity index (χ1v) is 8.43.